The summed E-state index contributed by atoms with van der Waals surface area (Å²) in [4.78, 5) is 12.2. The SMILES string of the molecule is Nc1ccc(OCCn2cccc(OCCCO)c2=O)cc1. The first-order chi connectivity index (χ1) is 10.7. The van der Waals surface area contributed by atoms with E-state index in [-0.39, 0.29) is 17.9 Å². The Kier molecular flexibility index (Phi) is 5.85. The monoisotopic (exact) mass is 304 g/mol. The highest BCUT2D eigenvalue weighted by atomic mass is 16.5. The summed E-state index contributed by atoms with van der Waals surface area (Å²) in [7, 11) is 0. The molecular weight excluding hydrogens is 284 g/mol. The number of rotatable bonds is 8. The van der Waals surface area contributed by atoms with Crippen molar-refractivity contribution >= 4 is 5.69 Å². The number of pyridine rings is 1. The van der Waals surface area contributed by atoms with Gasteiger partial charge in [0.05, 0.1) is 13.2 Å². The Hall–Kier alpha value is -2.47. The minimum absolute atomic E-state index is 0.0381. The third-order valence-corrected chi connectivity index (χ3v) is 3.03. The number of anilines is 1. The van der Waals surface area contributed by atoms with Gasteiger partial charge < -0.3 is 24.9 Å². The van der Waals surface area contributed by atoms with Crippen molar-refractivity contribution in [2.75, 3.05) is 25.6 Å². The lowest BCUT2D eigenvalue weighted by Gasteiger charge is -2.10. The zero-order valence-electron chi connectivity index (χ0n) is 12.3. The minimum Gasteiger partial charge on any atom is -0.492 e. The summed E-state index contributed by atoms with van der Waals surface area (Å²) in [6, 6.07) is 10.5. The number of aliphatic hydroxyl groups excluding tert-OH is 1. The van der Waals surface area contributed by atoms with E-state index in [1.807, 2.05) is 0 Å². The van der Waals surface area contributed by atoms with E-state index in [9.17, 15) is 4.79 Å². The Balaban J connectivity index is 1.91. The van der Waals surface area contributed by atoms with Crippen molar-refractivity contribution in [1.82, 2.24) is 4.57 Å². The minimum atomic E-state index is -0.207. The van der Waals surface area contributed by atoms with Crippen LogP contribution in [0.1, 0.15) is 6.42 Å². The van der Waals surface area contributed by atoms with E-state index in [2.05, 4.69) is 0 Å². The molecule has 0 aliphatic rings. The average Bonchev–Trinajstić information content (AvgIpc) is 2.52. The Bertz CT molecular complexity index is 637. The van der Waals surface area contributed by atoms with Gasteiger partial charge in [-0.15, -0.1) is 0 Å². The third kappa shape index (κ3) is 4.53. The third-order valence-electron chi connectivity index (χ3n) is 3.03. The number of ether oxygens (including phenoxy) is 2. The first-order valence-corrected chi connectivity index (χ1v) is 7.12. The summed E-state index contributed by atoms with van der Waals surface area (Å²) >= 11 is 0. The maximum absolute atomic E-state index is 12.2. The molecule has 1 aromatic heterocycles. The average molecular weight is 304 g/mol. The standard InChI is InChI=1S/C16H20N2O4/c17-13-4-6-14(7-5-13)21-12-9-18-8-1-3-15(16(18)20)22-11-2-10-19/h1,3-8,19H,2,9-12,17H2. The molecule has 0 aliphatic carbocycles. The van der Waals surface area contributed by atoms with E-state index in [1.54, 1.807) is 42.6 Å². The van der Waals surface area contributed by atoms with E-state index in [0.29, 0.717) is 37.6 Å². The number of aromatic nitrogens is 1. The molecule has 6 nitrogen and oxygen atoms in total. The van der Waals surface area contributed by atoms with Crippen molar-refractivity contribution < 1.29 is 14.6 Å². The molecule has 0 bridgehead atoms. The molecule has 3 N–H and O–H groups in total. The molecular formula is C16H20N2O4. The van der Waals surface area contributed by atoms with Crippen LogP contribution in [0.25, 0.3) is 0 Å². The van der Waals surface area contributed by atoms with Crippen LogP contribution in [-0.2, 0) is 6.54 Å². The normalized spacial score (nSPS) is 10.4. The summed E-state index contributed by atoms with van der Waals surface area (Å²) in [5.74, 6) is 0.987. The molecule has 0 saturated carbocycles. The van der Waals surface area contributed by atoms with Gasteiger partial charge in [0.1, 0.15) is 12.4 Å². The zero-order chi connectivity index (χ0) is 15.8. The molecule has 0 fully saturated rings. The van der Waals surface area contributed by atoms with Crippen LogP contribution in [0.2, 0.25) is 0 Å². The van der Waals surface area contributed by atoms with Crippen molar-refractivity contribution in [3.63, 3.8) is 0 Å². The highest BCUT2D eigenvalue weighted by Crippen LogP contribution is 2.13. The van der Waals surface area contributed by atoms with Crippen LogP contribution in [0.3, 0.4) is 0 Å². The molecule has 0 atom stereocenters. The number of nitrogen functional groups attached to an aromatic ring is 1. The Morgan fingerprint density at radius 1 is 1.09 bits per heavy atom. The fraction of sp³-hybridized carbons (Fsp3) is 0.312. The highest BCUT2D eigenvalue weighted by molar-refractivity contribution is 5.41. The van der Waals surface area contributed by atoms with Crippen LogP contribution in [0.5, 0.6) is 11.5 Å². The number of hydrogen-bond acceptors (Lipinski definition) is 5. The number of nitrogens with two attached hydrogens (primary N) is 1. The topological polar surface area (TPSA) is 86.7 Å². The lowest BCUT2D eigenvalue weighted by Crippen LogP contribution is -2.24. The van der Waals surface area contributed by atoms with Crippen LogP contribution < -0.4 is 20.8 Å². The van der Waals surface area contributed by atoms with Crippen molar-refractivity contribution in [2.45, 2.75) is 13.0 Å². The van der Waals surface area contributed by atoms with Gasteiger partial charge in [-0.1, -0.05) is 0 Å². The quantitative estimate of drug-likeness (QED) is 0.566. The number of aliphatic hydroxyl groups is 1. The lowest BCUT2D eigenvalue weighted by molar-refractivity contribution is 0.230. The smallest absolute Gasteiger partial charge is 0.292 e. The van der Waals surface area contributed by atoms with Crippen LogP contribution in [0, 0.1) is 0 Å². The fourth-order valence-corrected chi connectivity index (χ4v) is 1.87. The summed E-state index contributed by atoms with van der Waals surface area (Å²) in [5.41, 5.74) is 6.07. The van der Waals surface area contributed by atoms with E-state index in [1.165, 1.54) is 4.57 Å². The van der Waals surface area contributed by atoms with Gasteiger partial charge in [0.15, 0.2) is 5.75 Å². The van der Waals surface area contributed by atoms with Crippen molar-refractivity contribution in [2.24, 2.45) is 0 Å². The van der Waals surface area contributed by atoms with Gasteiger partial charge in [0.25, 0.3) is 5.56 Å². The van der Waals surface area contributed by atoms with Gasteiger partial charge in [-0.25, -0.2) is 0 Å². The summed E-state index contributed by atoms with van der Waals surface area (Å²) in [5, 5.41) is 8.72. The van der Waals surface area contributed by atoms with E-state index in [4.69, 9.17) is 20.3 Å². The number of hydrogen-bond donors (Lipinski definition) is 2. The van der Waals surface area contributed by atoms with Gasteiger partial charge in [-0.2, -0.15) is 0 Å². The lowest BCUT2D eigenvalue weighted by atomic mass is 10.3. The first-order valence-electron chi connectivity index (χ1n) is 7.12. The molecule has 0 aliphatic heterocycles. The number of nitrogens with zero attached hydrogens (tertiary/aromatic N) is 1. The molecule has 1 aromatic carbocycles. The maximum Gasteiger partial charge on any atom is 0.292 e. The molecule has 0 spiro atoms. The predicted molar refractivity (Wildman–Crippen MR) is 84.2 cm³/mol. The van der Waals surface area contributed by atoms with E-state index < -0.39 is 0 Å². The van der Waals surface area contributed by atoms with Crippen LogP contribution in [-0.4, -0.2) is 29.5 Å². The Labute approximate surface area is 128 Å². The molecule has 0 unspecified atom stereocenters. The number of benzene rings is 1. The van der Waals surface area contributed by atoms with Crippen LogP contribution in [0.4, 0.5) is 5.69 Å². The molecule has 0 amide bonds. The second-order valence-corrected chi connectivity index (χ2v) is 4.71. The zero-order valence-corrected chi connectivity index (χ0v) is 12.3. The van der Waals surface area contributed by atoms with Crippen LogP contribution in [0.15, 0.2) is 47.4 Å². The van der Waals surface area contributed by atoms with Crippen molar-refractivity contribution in [3.8, 4) is 11.5 Å². The Morgan fingerprint density at radius 3 is 2.59 bits per heavy atom. The van der Waals surface area contributed by atoms with Gasteiger partial charge in [-0.3, -0.25) is 4.79 Å². The van der Waals surface area contributed by atoms with Gasteiger partial charge >= 0.3 is 0 Å². The van der Waals surface area contributed by atoms with Crippen molar-refractivity contribution in [1.29, 1.82) is 0 Å². The van der Waals surface area contributed by atoms with Crippen molar-refractivity contribution in [3.05, 3.63) is 52.9 Å². The molecule has 6 heteroatoms. The molecule has 2 aromatic rings. The molecule has 0 radical (unpaired) electrons. The fourth-order valence-electron chi connectivity index (χ4n) is 1.87. The van der Waals surface area contributed by atoms with Crippen LogP contribution >= 0.6 is 0 Å². The molecule has 1 heterocycles. The molecule has 22 heavy (non-hydrogen) atoms. The van der Waals surface area contributed by atoms with Gasteiger partial charge in [0.2, 0.25) is 0 Å². The summed E-state index contributed by atoms with van der Waals surface area (Å²) < 4.78 is 12.5. The second-order valence-electron chi connectivity index (χ2n) is 4.71. The van der Waals surface area contributed by atoms with E-state index >= 15 is 0 Å². The highest BCUT2D eigenvalue weighted by Gasteiger charge is 2.04. The second kappa shape index (κ2) is 8.09. The largest absolute Gasteiger partial charge is 0.492 e. The molecule has 0 saturated heterocycles. The molecule has 2 rings (SSSR count). The maximum atomic E-state index is 12.2. The summed E-state index contributed by atoms with van der Waals surface area (Å²) in [6.07, 6.45) is 2.18. The van der Waals surface area contributed by atoms with Gasteiger partial charge in [0, 0.05) is 24.9 Å². The Morgan fingerprint density at radius 2 is 1.86 bits per heavy atom. The van der Waals surface area contributed by atoms with Gasteiger partial charge in [-0.05, 0) is 36.4 Å². The summed E-state index contributed by atoms with van der Waals surface area (Å²) in [6.45, 7) is 1.14. The molecule has 118 valence electrons. The first kappa shape index (κ1) is 15.9. The predicted octanol–water partition coefficient (Wildman–Crippen LogP) is 1.27. The van der Waals surface area contributed by atoms with E-state index in [0.717, 1.165) is 0 Å².